The van der Waals surface area contributed by atoms with Crippen LogP contribution < -0.4 is 5.32 Å². The number of benzene rings is 1. The van der Waals surface area contributed by atoms with E-state index in [-0.39, 0.29) is 11.7 Å². The number of hydrogen-bond donors (Lipinski definition) is 1. The zero-order valence-electron chi connectivity index (χ0n) is 13.2. The maximum atomic E-state index is 13.5. The van der Waals surface area contributed by atoms with E-state index in [1.807, 2.05) is 13.0 Å². The Hall–Kier alpha value is -2.56. The van der Waals surface area contributed by atoms with Crippen LogP contribution >= 0.6 is 0 Å². The van der Waals surface area contributed by atoms with Crippen molar-refractivity contribution in [3.05, 3.63) is 53.0 Å². The molecule has 2 heterocycles. The molecule has 23 heavy (non-hydrogen) atoms. The van der Waals surface area contributed by atoms with Gasteiger partial charge in [0, 0.05) is 17.7 Å². The van der Waals surface area contributed by atoms with E-state index in [1.165, 1.54) is 12.1 Å². The Morgan fingerprint density at radius 3 is 2.91 bits per heavy atom. The predicted octanol–water partition coefficient (Wildman–Crippen LogP) is 3.94. The molecule has 1 aromatic carbocycles. The van der Waals surface area contributed by atoms with Crippen molar-refractivity contribution in [3.63, 3.8) is 0 Å². The van der Waals surface area contributed by atoms with Crippen LogP contribution in [0.5, 0.6) is 0 Å². The van der Waals surface area contributed by atoms with Crippen molar-refractivity contribution in [1.29, 1.82) is 0 Å². The van der Waals surface area contributed by atoms with Gasteiger partial charge in [-0.05, 0) is 49.1 Å². The Morgan fingerprint density at radius 1 is 1.30 bits per heavy atom. The fourth-order valence-electron chi connectivity index (χ4n) is 2.64. The van der Waals surface area contributed by atoms with Crippen LogP contribution in [0.15, 0.2) is 35.5 Å². The summed E-state index contributed by atoms with van der Waals surface area (Å²) in [6, 6.07) is 6.62. The summed E-state index contributed by atoms with van der Waals surface area (Å²) in [5.41, 5.74) is 4.56. The van der Waals surface area contributed by atoms with Gasteiger partial charge in [-0.3, -0.25) is 9.79 Å². The summed E-state index contributed by atoms with van der Waals surface area (Å²) < 4.78 is 13.5. The average Bonchev–Trinajstić information content (AvgIpc) is 2.56. The molecule has 118 valence electrons. The highest BCUT2D eigenvalue weighted by atomic mass is 19.1. The van der Waals surface area contributed by atoms with Gasteiger partial charge in [-0.1, -0.05) is 13.0 Å². The average molecular weight is 311 g/mol. The Kier molecular flexibility index (Phi) is 4.19. The van der Waals surface area contributed by atoms with Crippen molar-refractivity contribution in [2.75, 3.05) is 5.32 Å². The molecule has 0 bridgehead atoms. The van der Waals surface area contributed by atoms with Gasteiger partial charge in [-0.25, -0.2) is 9.37 Å². The molecule has 1 amide bonds. The molecule has 0 spiro atoms. The summed E-state index contributed by atoms with van der Waals surface area (Å²) >= 11 is 0. The molecule has 0 fully saturated rings. The Balaban J connectivity index is 1.92. The summed E-state index contributed by atoms with van der Waals surface area (Å²) in [5, 5.41) is 2.75. The third-order valence-electron chi connectivity index (χ3n) is 3.95. The van der Waals surface area contributed by atoms with E-state index < -0.39 is 0 Å². The monoisotopic (exact) mass is 311 g/mol. The molecule has 0 radical (unpaired) electrons. The molecular formula is C18H18FN3O. The zero-order chi connectivity index (χ0) is 16.4. The minimum Gasteiger partial charge on any atom is -0.311 e. The number of rotatable bonds is 3. The fourth-order valence-corrected chi connectivity index (χ4v) is 2.64. The lowest BCUT2D eigenvalue weighted by Gasteiger charge is -2.17. The van der Waals surface area contributed by atoms with Crippen molar-refractivity contribution >= 4 is 23.1 Å². The van der Waals surface area contributed by atoms with Crippen LogP contribution in [-0.2, 0) is 11.2 Å². The Bertz CT molecular complexity index is 799. The number of carbonyl (C=O) groups excluding carboxylic acids is 1. The molecule has 2 aromatic rings. The number of anilines is 1. The summed E-state index contributed by atoms with van der Waals surface area (Å²) in [4.78, 5) is 20.3. The molecular weight excluding hydrogens is 293 g/mol. The van der Waals surface area contributed by atoms with Crippen LogP contribution in [-0.4, -0.2) is 16.6 Å². The second-order valence-electron chi connectivity index (χ2n) is 5.62. The number of aromatic nitrogens is 1. The molecule has 0 saturated carbocycles. The highest BCUT2D eigenvalue weighted by Gasteiger charge is 2.17. The number of nitrogens with one attached hydrogen (secondary N) is 1. The summed E-state index contributed by atoms with van der Waals surface area (Å²) in [5.74, 6) is 0.235. The standard InChI is InChI=1S/C18H18FN3O/c1-3-18(23)22-17-8-12-5-7-15(21-16(12)10-20-17)14-9-13(19)6-4-11(14)2/h4,6,8-10H,3,5,7H2,1-2H3,(H,20,22,23). The summed E-state index contributed by atoms with van der Waals surface area (Å²) in [7, 11) is 0. The smallest absolute Gasteiger partial charge is 0.225 e. The number of aryl methyl sites for hydroxylation is 2. The molecule has 0 aliphatic carbocycles. The lowest BCUT2D eigenvalue weighted by molar-refractivity contribution is -0.115. The van der Waals surface area contributed by atoms with Gasteiger partial charge in [-0.2, -0.15) is 0 Å². The van der Waals surface area contributed by atoms with Crippen LogP contribution in [0.1, 0.15) is 36.5 Å². The van der Waals surface area contributed by atoms with E-state index >= 15 is 0 Å². The van der Waals surface area contributed by atoms with Crippen LogP contribution in [0.4, 0.5) is 15.9 Å². The molecule has 3 rings (SSSR count). The first-order valence-corrected chi connectivity index (χ1v) is 7.69. The first-order chi connectivity index (χ1) is 11.1. The van der Waals surface area contributed by atoms with Crippen molar-refractivity contribution < 1.29 is 9.18 Å². The van der Waals surface area contributed by atoms with Crippen LogP contribution in [0.25, 0.3) is 0 Å². The minimum absolute atomic E-state index is 0.0622. The highest BCUT2D eigenvalue weighted by molar-refractivity contribution is 6.04. The quantitative estimate of drug-likeness (QED) is 0.933. The lowest BCUT2D eigenvalue weighted by atomic mass is 9.95. The number of nitrogens with zero attached hydrogens (tertiary/aromatic N) is 2. The van der Waals surface area contributed by atoms with E-state index in [2.05, 4.69) is 15.3 Å². The fraction of sp³-hybridized carbons (Fsp3) is 0.278. The number of aliphatic imine (C=N–C) groups is 1. The van der Waals surface area contributed by atoms with Gasteiger partial charge < -0.3 is 5.32 Å². The van der Waals surface area contributed by atoms with Gasteiger partial charge in [0.15, 0.2) is 0 Å². The third kappa shape index (κ3) is 3.28. The first-order valence-electron chi connectivity index (χ1n) is 7.69. The summed E-state index contributed by atoms with van der Waals surface area (Å²) in [6.07, 6.45) is 3.61. The predicted molar refractivity (Wildman–Crippen MR) is 88.8 cm³/mol. The number of pyridine rings is 1. The topological polar surface area (TPSA) is 54.4 Å². The van der Waals surface area contributed by atoms with Gasteiger partial charge in [0.1, 0.15) is 11.6 Å². The molecule has 1 N–H and O–H groups in total. The lowest BCUT2D eigenvalue weighted by Crippen LogP contribution is -2.13. The van der Waals surface area contributed by atoms with E-state index in [9.17, 15) is 9.18 Å². The number of hydrogen-bond acceptors (Lipinski definition) is 3. The molecule has 0 saturated heterocycles. The molecule has 4 nitrogen and oxygen atoms in total. The van der Waals surface area contributed by atoms with E-state index in [1.54, 1.807) is 19.2 Å². The molecule has 0 atom stereocenters. The van der Waals surface area contributed by atoms with Gasteiger partial charge >= 0.3 is 0 Å². The third-order valence-corrected chi connectivity index (χ3v) is 3.95. The van der Waals surface area contributed by atoms with Crippen LogP contribution in [0.2, 0.25) is 0 Å². The minimum atomic E-state index is -0.255. The van der Waals surface area contributed by atoms with E-state index in [0.717, 1.165) is 40.9 Å². The van der Waals surface area contributed by atoms with Crippen molar-refractivity contribution in [3.8, 4) is 0 Å². The van der Waals surface area contributed by atoms with Gasteiger partial charge in [0.25, 0.3) is 0 Å². The largest absolute Gasteiger partial charge is 0.311 e. The number of fused-ring (bicyclic) bond motifs is 1. The van der Waals surface area contributed by atoms with E-state index in [0.29, 0.717) is 12.2 Å². The highest BCUT2D eigenvalue weighted by Crippen LogP contribution is 2.29. The van der Waals surface area contributed by atoms with Gasteiger partial charge in [-0.15, -0.1) is 0 Å². The maximum Gasteiger partial charge on any atom is 0.225 e. The number of halogens is 1. The molecule has 1 aliphatic heterocycles. The molecule has 1 aromatic heterocycles. The molecule has 0 unspecified atom stereocenters. The van der Waals surface area contributed by atoms with Crippen LogP contribution in [0, 0.1) is 12.7 Å². The number of carbonyl (C=O) groups is 1. The van der Waals surface area contributed by atoms with Crippen molar-refractivity contribution in [1.82, 2.24) is 4.98 Å². The second-order valence-corrected chi connectivity index (χ2v) is 5.62. The van der Waals surface area contributed by atoms with Crippen molar-refractivity contribution in [2.45, 2.75) is 33.1 Å². The van der Waals surface area contributed by atoms with Crippen molar-refractivity contribution in [2.24, 2.45) is 4.99 Å². The second kappa shape index (κ2) is 6.28. The summed E-state index contributed by atoms with van der Waals surface area (Å²) in [6.45, 7) is 3.75. The van der Waals surface area contributed by atoms with Gasteiger partial charge in [0.05, 0.1) is 11.9 Å². The Morgan fingerprint density at radius 2 is 2.13 bits per heavy atom. The van der Waals surface area contributed by atoms with Crippen LogP contribution in [0.3, 0.4) is 0 Å². The van der Waals surface area contributed by atoms with Gasteiger partial charge in [0.2, 0.25) is 5.91 Å². The normalized spacial score (nSPS) is 13.3. The maximum absolute atomic E-state index is 13.5. The number of amides is 1. The Labute approximate surface area is 134 Å². The molecule has 1 aliphatic rings. The first kappa shape index (κ1) is 15.3. The molecule has 5 heteroatoms. The van der Waals surface area contributed by atoms with E-state index in [4.69, 9.17) is 0 Å². The zero-order valence-corrected chi connectivity index (χ0v) is 13.2. The SMILES string of the molecule is CCC(=O)Nc1cc2c(cn1)N=C(c1cc(F)ccc1C)CC2.